The van der Waals surface area contributed by atoms with Gasteiger partial charge >= 0.3 is 0 Å². The first-order valence-electron chi connectivity index (χ1n) is 9.93. The first-order valence-corrected chi connectivity index (χ1v) is 9.93. The van der Waals surface area contributed by atoms with E-state index in [0.717, 1.165) is 25.2 Å². The summed E-state index contributed by atoms with van der Waals surface area (Å²) in [6.07, 6.45) is 4.10. The smallest absolute Gasteiger partial charge is 0.271 e. The highest BCUT2D eigenvalue weighted by molar-refractivity contribution is 5.93. The Morgan fingerprint density at radius 1 is 1.21 bits per heavy atom. The Morgan fingerprint density at radius 2 is 1.96 bits per heavy atom. The lowest BCUT2D eigenvalue weighted by Gasteiger charge is -2.42. The SMILES string of the molecule is Cn1cc(C#N)cc1C(=O)N1CCO[C@@H](CN2CCCC2)[C@@H]1c1ccccc1. The Balaban J connectivity index is 1.66. The van der Waals surface area contributed by atoms with Crippen molar-refractivity contribution in [2.45, 2.75) is 25.0 Å². The van der Waals surface area contributed by atoms with Crippen LogP contribution in [0.4, 0.5) is 0 Å². The lowest BCUT2D eigenvalue weighted by molar-refractivity contribution is -0.0709. The fourth-order valence-corrected chi connectivity index (χ4v) is 4.36. The molecule has 2 fully saturated rings. The lowest BCUT2D eigenvalue weighted by Crippen LogP contribution is -2.51. The van der Waals surface area contributed by atoms with Gasteiger partial charge in [0.2, 0.25) is 0 Å². The molecule has 0 radical (unpaired) electrons. The van der Waals surface area contributed by atoms with Crippen molar-refractivity contribution in [3.63, 3.8) is 0 Å². The molecule has 4 rings (SSSR count). The number of amides is 1. The summed E-state index contributed by atoms with van der Waals surface area (Å²) in [5, 5.41) is 9.19. The molecule has 0 unspecified atom stereocenters. The van der Waals surface area contributed by atoms with Crippen LogP contribution in [0.1, 0.15) is 40.5 Å². The Labute approximate surface area is 165 Å². The Hall–Kier alpha value is -2.62. The van der Waals surface area contributed by atoms with Crippen molar-refractivity contribution < 1.29 is 9.53 Å². The van der Waals surface area contributed by atoms with E-state index in [2.05, 4.69) is 23.1 Å². The summed E-state index contributed by atoms with van der Waals surface area (Å²) in [6, 6.07) is 13.8. The number of ether oxygens (including phenoxy) is 1. The van der Waals surface area contributed by atoms with Crippen LogP contribution in [0, 0.1) is 11.3 Å². The van der Waals surface area contributed by atoms with Crippen LogP contribution in [0.3, 0.4) is 0 Å². The Morgan fingerprint density at radius 3 is 2.64 bits per heavy atom. The van der Waals surface area contributed by atoms with Crippen LogP contribution in [0.5, 0.6) is 0 Å². The minimum absolute atomic E-state index is 0.0485. The van der Waals surface area contributed by atoms with E-state index in [1.807, 2.05) is 30.1 Å². The van der Waals surface area contributed by atoms with Gasteiger partial charge in [-0.1, -0.05) is 30.3 Å². The van der Waals surface area contributed by atoms with E-state index in [1.54, 1.807) is 16.8 Å². The van der Waals surface area contributed by atoms with Crippen molar-refractivity contribution in [1.82, 2.24) is 14.4 Å². The van der Waals surface area contributed by atoms with E-state index in [4.69, 9.17) is 4.74 Å². The fourth-order valence-electron chi connectivity index (χ4n) is 4.36. The van der Waals surface area contributed by atoms with Crippen LogP contribution in [0.25, 0.3) is 0 Å². The number of hydrogen-bond donors (Lipinski definition) is 0. The van der Waals surface area contributed by atoms with E-state index >= 15 is 0 Å². The molecule has 6 heteroatoms. The summed E-state index contributed by atoms with van der Waals surface area (Å²) in [7, 11) is 1.81. The van der Waals surface area contributed by atoms with Crippen molar-refractivity contribution in [1.29, 1.82) is 5.26 Å². The number of carbonyl (C=O) groups is 1. The molecule has 0 saturated carbocycles. The van der Waals surface area contributed by atoms with Gasteiger partial charge in [-0.3, -0.25) is 4.79 Å². The number of rotatable bonds is 4. The fraction of sp³-hybridized carbons (Fsp3) is 0.455. The maximum Gasteiger partial charge on any atom is 0.271 e. The average Bonchev–Trinajstić information content (AvgIpc) is 3.37. The van der Waals surface area contributed by atoms with Crippen LogP contribution in [-0.2, 0) is 11.8 Å². The van der Waals surface area contributed by atoms with E-state index in [1.165, 1.54) is 12.8 Å². The third kappa shape index (κ3) is 3.68. The highest BCUT2D eigenvalue weighted by Crippen LogP contribution is 2.32. The van der Waals surface area contributed by atoms with E-state index < -0.39 is 0 Å². The number of nitrogens with zero attached hydrogens (tertiary/aromatic N) is 4. The molecule has 2 atom stereocenters. The van der Waals surface area contributed by atoms with Gasteiger partial charge in [0, 0.05) is 26.3 Å². The normalized spacial score (nSPS) is 22.9. The monoisotopic (exact) mass is 378 g/mol. The molecule has 28 heavy (non-hydrogen) atoms. The molecule has 146 valence electrons. The number of aryl methyl sites for hydroxylation is 1. The molecule has 1 aromatic heterocycles. The van der Waals surface area contributed by atoms with Gasteiger partial charge in [0.05, 0.1) is 24.3 Å². The van der Waals surface area contributed by atoms with Gasteiger partial charge in [-0.05, 0) is 37.6 Å². The molecule has 2 aliphatic rings. The number of nitriles is 1. The molecule has 0 aliphatic carbocycles. The molecule has 3 heterocycles. The quantitative estimate of drug-likeness (QED) is 0.820. The Kier molecular flexibility index (Phi) is 5.47. The van der Waals surface area contributed by atoms with Crippen LogP contribution in [0.2, 0.25) is 0 Å². The lowest BCUT2D eigenvalue weighted by atomic mass is 9.97. The van der Waals surface area contributed by atoms with Crippen molar-refractivity contribution in [2.75, 3.05) is 32.8 Å². The van der Waals surface area contributed by atoms with Crippen LogP contribution in [-0.4, -0.2) is 59.2 Å². The maximum atomic E-state index is 13.4. The predicted molar refractivity (Wildman–Crippen MR) is 106 cm³/mol. The molecule has 1 aromatic carbocycles. The second kappa shape index (κ2) is 8.17. The van der Waals surface area contributed by atoms with Gasteiger partial charge in [0.15, 0.2) is 0 Å². The van der Waals surface area contributed by atoms with Crippen molar-refractivity contribution in [3.05, 3.63) is 59.4 Å². The second-order valence-corrected chi connectivity index (χ2v) is 7.61. The van der Waals surface area contributed by atoms with Gasteiger partial charge in [0.1, 0.15) is 11.8 Å². The Bertz CT molecular complexity index is 864. The van der Waals surface area contributed by atoms with Gasteiger partial charge in [0.25, 0.3) is 5.91 Å². The minimum atomic E-state index is -0.136. The third-order valence-corrected chi connectivity index (χ3v) is 5.74. The molecular formula is C22H26N4O2. The number of carbonyl (C=O) groups excluding carboxylic acids is 1. The molecule has 1 amide bonds. The minimum Gasteiger partial charge on any atom is -0.373 e. The highest BCUT2D eigenvalue weighted by atomic mass is 16.5. The molecule has 0 N–H and O–H groups in total. The van der Waals surface area contributed by atoms with Crippen molar-refractivity contribution in [2.24, 2.45) is 7.05 Å². The first-order chi connectivity index (χ1) is 13.7. The number of morpholine rings is 1. The van der Waals surface area contributed by atoms with Crippen molar-refractivity contribution >= 4 is 5.91 Å². The molecule has 0 spiro atoms. The standard InChI is InChI=1S/C22H26N4O2/c1-24-15-17(14-23)13-19(24)22(27)26-11-12-28-20(16-25-9-5-6-10-25)21(26)18-7-3-2-4-8-18/h2-4,7-8,13,15,20-21H,5-6,9-12,16H2,1H3/t20-,21-/m0/s1. The molecule has 2 aromatic rings. The van der Waals surface area contributed by atoms with Crippen LogP contribution in [0.15, 0.2) is 42.6 Å². The zero-order chi connectivity index (χ0) is 19.5. The van der Waals surface area contributed by atoms with Gasteiger partial charge < -0.3 is 19.1 Å². The zero-order valence-electron chi connectivity index (χ0n) is 16.3. The summed E-state index contributed by atoms with van der Waals surface area (Å²) in [4.78, 5) is 17.8. The predicted octanol–water partition coefficient (Wildman–Crippen LogP) is 2.57. The topological polar surface area (TPSA) is 61.5 Å². The van der Waals surface area contributed by atoms with Crippen LogP contribution >= 0.6 is 0 Å². The zero-order valence-corrected chi connectivity index (χ0v) is 16.3. The van der Waals surface area contributed by atoms with E-state index in [9.17, 15) is 10.1 Å². The summed E-state index contributed by atoms with van der Waals surface area (Å²) in [5.41, 5.74) is 2.14. The van der Waals surface area contributed by atoms with Gasteiger partial charge in [-0.15, -0.1) is 0 Å². The summed E-state index contributed by atoms with van der Waals surface area (Å²) in [6.45, 7) is 4.10. The van der Waals surface area contributed by atoms with Gasteiger partial charge in [-0.2, -0.15) is 5.26 Å². The molecule has 0 bridgehead atoms. The van der Waals surface area contributed by atoms with Gasteiger partial charge in [-0.25, -0.2) is 0 Å². The largest absolute Gasteiger partial charge is 0.373 e. The number of benzene rings is 1. The third-order valence-electron chi connectivity index (χ3n) is 5.74. The first kappa shape index (κ1) is 18.7. The summed E-state index contributed by atoms with van der Waals surface area (Å²) >= 11 is 0. The molecule has 2 aliphatic heterocycles. The van der Waals surface area contributed by atoms with Crippen LogP contribution < -0.4 is 0 Å². The van der Waals surface area contributed by atoms with E-state index in [0.29, 0.717) is 24.4 Å². The highest BCUT2D eigenvalue weighted by Gasteiger charge is 2.38. The summed E-state index contributed by atoms with van der Waals surface area (Å²) < 4.78 is 7.93. The average molecular weight is 378 g/mol. The number of aromatic nitrogens is 1. The maximum absolute atomic E-state index is 13.4. The van der Waals surface area contributed by atoms with E-state index in [-0.39, 0.29) is 18.1 Å². The summed E-state index contributed by atoms with van der Waals surface area (Å²) in [5.74, 6) is -0.0485. The molecular weight excluding hydrogens is 352 g/mol. The molecule has 6 nitrogen and oxygen atoms in total. The molecule has 2 saturated heterocycles. The van der Waals surface area contributed by atoms with Crippen molar-refractivity contribution in [3.8, 4) is 6.07 Å². The number of hydrogen-bond acceptors (Lipinski definition) is 4. The number of likely N-dealkylation sites (tertiary alicyclic amines) is 1. The second-order valence-electron chi connectivity index (χ2n) is 7.61.